The monoisotopic (exact) mass is 1430 g/mol. The van der Waals surface area contributed by atoms with Gasteiger partial charge in [0.15, 0.2) is 5.78 Å². The molecule has 34 heteroatoms. The molecule has 15 N–H and O–H groups in total. The van der Waals surface area contributed by atoms with Crippen LogP contribution in [0.5, 0.6) is 0 Å². The largest absolute Gasteiger partial charge is 1.00 e. The van der Waals surface area contributed by atoms with Crippen LogP contribution in [-0.2, 0) is 14.3 Å². The van der Waals surface area contributed by atoms with Crippen molar-refractivity contribution in [2.24, 2.45) is 11.5 Å². The van der Waals surface area contributed by atoms with Crippen LogP contribution >= 0.6 is 15.9 Å². The first-order valence-corrected chi connectivity index (χ1v) is 30.5. The van der Waals surface area contributed by atoms with Crippen LogP contribution in [0.4, 0.5) is 24.8 Å². The summed E-state index contributed by atoms with van der Waals surface area (Å²) in [6, 6.07) is 26.4. The molecule has 9 heterocycles. The van der Waals surface area contributed by atoms with E-state index in [-0.39, 0.29) is 106 Å². The summed E-state index contributed by atoms with van der Waals surface area (Å²) < 4.78 is 50.3. The second kappa shape index (κ2) is 35.7. The maximum absolute atomic E-state index is 13.8. The first kappa shape index (κ1) is 76.8. The number of amidine groups is 1. The van der Waals surface area contributed by atoms with Gasteiger partial charge in [-0.2, -0.15) is 13.2 Å². The predicted molar refractivity (Wildman–Crippen MR) is 368 cm³/mol. The number of anilines is 2. The molecule has 13 aromatic rings. The Labute approximate surface area is 590 Å². The zero-order valence-electron chi connectivity index (χ0n) is 54.5. The molecule has 0 atom stereocenters. The number of Topliss-reactive ketones (excluding diaryl/α,β-unsaturated/α-hetero) is 1. The fraction of sp³-hybridized carbons (Fsp3) is 0.185. The molecule has 0 unspecified atom stereocenters. The number of halogens is 4. The van der Waals surface area contributed by atoms with Crippen LogP contribution in [0.3, 0.4) is 0 Å². The molecule has 13 rings (SSSR count). The molecule has 506 valence electrons. The fourth-order valence-electron chi connectivity index (χ4n) is 9.12. The van der Waals surface area contributed by atoms with Gasteiger partial charge in [0.2, 0.25) is 17.8 Å². The topological polar surface area (TPSA) is 486 Å². The number of nitrogen functional groups attached to an aromatic ring is 2. The van der Waals surface area contributed by atoms with E-state index in [0.29, 0.717) is 107 Å². The molecular formula is C65H64BrF3N21NaO8. The predicted octanol–water partition coefficient (Wildman–Crippen LogP) is 5.35. The van der Waals surface area contributed by atoms with Crippen LogP contribution in [0.25, 0.3) is 100.0 Å². The molecule has 0 aliphatic rings. The summed E-state index contributed by atoms with van der Waals surface area (Å²) in [6.45, 7) is 12.1. The average Bonchev–Trinajstić information content (AvgIpc) is 1.77. The normalized spacial score (nSPS) is 10.4. The van der Waals surface area contributed by atoms with E-state index in [0.717, 1.165) is 23.1 Å². The first-order chi connectivity index (χ1) is 46.9. The van der Waals surface area contributed by atoms with E-state index in [2.05, 4.69) is 101 Å². The summed E-state index contributed by atoms with van der Waals surface area (Å²) in [5.41, 5.74) is 32.0. The van der Waals surface area contributed by atoms with Gasteiger partial charge in [-0.25, -0.2) is 54.6 Å². The van der Waals surface area contributed by atoms with E-state index in [4.69, 9.17) is 37.9 Å². The van der Waals surface area contributed by atoms with E-state index < -0.39 is 29.8 Å². The van der Waals surface area contributed by atoms with Crippen LogP contribution in [-0.4, -0.2) is 130 Å². The molecule has 0 saturated carbocycles. The molecule has 99 heavy (non-hydrogen) atoms. The van der Waals surface area contributed by atoms with Crippen molar-refractivity contribution in [1.82, 2.24) is 74.8 Å². The van der Waals surface area contributed by atoms with Crippen molar-refractivity contribution in [3.63, 3.8) is 0 Å². The van der Waals surface area contributed by atoms with Gasteiger partial charge in [0.25, 0.3) is 11.1 Å². The maximum Gasteiger partial charge on any atom is 1.00 e. The average molecular weight is 1430 g/mol. The third-order valence-electron chi connectivity index (χ3n) is 13.5. The van der Waals surface area contributed by atoms with E-state index >= 15 is 0 Å². The number of alkyl halides is 1. The molecule has 4 aromatic carbocycles. The number of ketones is 1. The number of carbonyl (C=O) groups is 3. The number of fused-ring (bicyclic) bond motifs is 6. The number of H-pyrrole nitrogens is 5. The minimum absolute atomic E-state index is 0. The van der Waals surface area contributed by atoms with E-state index in [1.54, 1.807) is 108 Å². The minimum Gasteiger partial charge on any atom is -0.855 e. The van der Waals surface area contributed by atoms with Gasteiger partial charge in [-0.05, 0) is 90.1 Å². The number of para-hydroxylation sites is 4. The zero-order valence-corrected chi connectivity index (χ0v) is 58.1. The number of nitrogens with one attached hydrogen (secondary N) is 7. The third kappa shape index (κ3) is 19.1. The second-order valence-electron chi connectivity index (χ2n) is 20.3. The number of hydrogen-bond donors (Lipinski definition) is 11. The van der Waals surface area contributed by atoms with Gasteiger partial charge in [0, 0.05) is 22.3 Å². The number of ether oxygens (including phenoxy) is 2. The van der Waals surface area contributed by atoms with Crippen molar-refractivity contribution in [1.29, 1.82) is 10.8 Å². The smallest absolute Gasteiger partial charge is 0.855 e. The minimum atomic E-state index is -0.637. The molecule has 29 nitrogen and oxygen atoms in total. The van der Waals surface area contributed by atoms with Gasteiger partial charge in [-0.15, -0.1) is 6.61 Å². The zero-order chi connectivity index (χ0) is 71.5. The summed E-state index contributed by atoms with van der Waals surface area (Å²) in [7, 11) is 0. The number of carbonyl (C=O) groups excluding carboxylic acids is 3. The van der Waals surface area contributed by atoms with Crippen LogP contribution in [0.2, 0.25) is 0 Å². The van der Waals surface area contributed by atoms with Crippen molar-refractivity contribution in [3.05, 3.63) is 176 Å². The number of benzene rings is 4. The molecule has 9 aromatic heterocycles. The Morgan fingerprint density at radius 2 is 0.970 bits per heavy atom. The van der Waals surface area contributed by atoms with Crippen LogP contribution in [0.1, 0.15) is 70.7 Å². The van der Waals surface area contributed by atoms with E-state index in [1.165, 1.54) is 12.7 Å². The van der Waals surface area contributed by atoms with Crippen molar-refractivity contribution >= 4 is 124 Å². The molecule has 0 amide bonds. The second-order valence-corrected chi connectivity index (χ2v) is 20.9. The molecular weight excluding hydrogens is 1360 g/mol. The van der Waals surface area contributed by atoms with Crippen molar-refractivity contribution < 1.29 is 71.7 Å². The molecule has 0 aliphatic carbocycles. The van der Waals surface area contributed by atoms with Gasteiger partial charge < -0.3 is 62.4 Å². The summed E-state index contributed by atoms with van der Waals surface area (Å²) in [4.78, 5) is 113. The quantitative estimate of drug-likeness (QED) is 0.0205. The number of nitrogens with zero attached hydrogens (tertiary/aromatic N) is 10. The number of aromatic nitrogens is 15. The Hall–Kier alpha value is -11.3. The van der Waals surface area contributed by atoms with Crippen molar-refractivity contribution in [2.45, 2.75) is 54.9 Å². The Kier molecular flexibility index (Phi) is 27.6. The molecule has 0 aliphatic heterocycles. The summed E-state index contributed by atoms with van der Waals surface area (Å²) in [5, 5.41) is 22.6. The summed E-state index contributed by atoms with van der Waals surface area (Å²) >= 11 is 3.08. The Bertz CT molecular complexity index is 5050. The number of aryl methyl sites for hydroxylation is 4. The molecule has 0 bridgehead atoms. The van der Waals surface area contributed by atoms with Gasteiger partial charge in [0.05, 0.1) is 110 Å². The van der Waals surface area contributed by atoms with Gasteiger partial charge in [-0.3, -0.25) is 30.0 Å². The Morgan fingerprint density at radius 1 is 0.586 bits per heavy atom. The Morgan fingerprint density at radius 3 is 1.37 bits per heavy atom. The van der Waals surface area contributed by atoms with Crippen LogP contribution in [0, 0.1) is 56.4 Å². The SMILES string of the molecule is CCOC(=O)CC(=N)N.CCOC(=O)c1cc(-c2cccc3nc(C)c(F)nc23)[nH]c1N.CC[O-].Cc1nc2cccc(-c3cc4c(=O)[nH]cnc4[nH]3)c2nc1F.Cc1nc2cccc(-c3cc4c(=O)[nH]cnc4[nH]3)c2nc1N.Cc1nc2cccc(C(=O)CBr)c2nc1F.N=CN.[Na+]. The molecule has 0 radical (unpaired) electrons. The summed E-state index contributed by atoms with van der Waals surface area (Å²) in [5.74, 6) is -2.53. The summed E-state index contributed by atoms with van der Waals surface area (Å²) in [6.07, 6.45) is 3.35. The van der Waals surface area contributed by atoms with Crippen LogP contribution < -0.4 is 68.7 Å². The van der Waals surface area contributed by atoms with Gasteiger partial charge in [0.1, 0.15) is 62.8 Å². The Balaban J connectivity index is 0.000000195. The van der Waals surface area contributed by atoms with Gasteiger partial charge >= 0.3 is 41.5 Å². The molecule has 0 saturated heterocycles. The van der Waals surface area contributed by atoms with Gasteiger partial charge in [-0.1, -0.05) is 65.3 Å². The standard InChI is InChI=1S/C16H15FN4O2.C15H10FN5O.C15H12N6O.C11H8BrFN2O.C5H10N2O2.C2H5O.CH4N2.Na/c1-3-23-16(22)10-7-12(20-15(10)18)9-5-4-6-11-13(9)21-14(17)8(2)19-11;2*1-7-13(16)21-12-8(3-2-4-10(12)19-7)11-5-9-14(20-11)17-6-18-15(9)22;1-6-11(13)15-10-7(9(16)5-12)3-2-4-8(10)14-6;1-2-9-5(8)3-4(6)7;1-2-3;2-1-3;/h4-7,20H,3,18H2,1-2H3;2-6H,1H3,(H2,17,18,20,22);2-6H,1H3,(H2,16,21)(H2,17,18,20,22);2-4H,5H2,1H3;2-3H2,1H3,(H3,6,7);2H2,1H3;1H,(H3,2,3);/q;;;;;-1;;+1. The van der Waals surface area contributed by atoms with Crippen LogP contribution in [0.15, 0.2) is 113 Å². The third-order valence-corrected chi connectivity index (χ3v) is 14.0. The van der Waals surface area contributed by atoms with Crippen molar-refractivity contribution in [2.75, 3.05) is 36.6 Å². The first-order valence-electron chi connectivity index (χ1n) is 29.4. The van der Waals surface area contributed by atoms with E-state index in [9.17, 15) is 37.1 Å². The van der Waals surface area contributed by atoms with E-state index in [1.807, 2.05) is 31.2 Å². The number of aromatic amines is 5. The molecule has 0 spiro atoms. The van der Waals surface area contributed by atoms with Crippen molar-refractivity contribution in [3.8, 4) is 33.8 Å². The number of esters is 2. The fourth-order valence-corrected chi connectivity index (χ4v) is 9.42. The number of nitrogens with two attached hydrogens (primary N) is 4. The maximum atomic E-state index is 13.8. The number of hydrogen-bond acceptors (Lipinski definition) is 22. The molecule has 0 fully saturated rings. The number of rotatable bonds is 10.